The van der Waals surface area contributed by atoms with Crippen LogP contribution in [0.1, 0.15) is 113 Å². The maximum atomic E-state index is 15.2. The predicted octanol–water partition coefficient (Wildman–Crippen LogP) is -2.69. The molecule has 0 unspecified atom stereocenters. The van der Waals surface area contributed by atoms with Crippen LogP contribution in [0.3, 0.4) is 0 Å². The van der Waals surface area contributed by atoms with Crippen molar-refractivity contribution in [2.75, 3.05) is 26.4 Å². The summed E-state index contributed by atoms with van der Waals surface area (Å²) in [5.74, 6) is -0.760. The number of aliphatic hydroxyl groups excluding tert-OH is 15. The number of rotatable bonds is 14. The van der Waals surface area contributed by atoms with Crippen LogP contribution in [0.15, 0.2) is 12.2 Å². The van der Waals surface area contributed by atoms with E-state index in [1.165, 1.54) is 13.8 Å². The summed E-state index contributed by atoms with van der Waals surface area (Å²) in [5.41, 5.74) is -1.80. The van der Waals surface area contributed by atoms with Crippen molar-refractivity contribution in [3.63, 3.8) is 0 Å². The summed E-state index contributed by atoms with van der Waals surface area (Å²) >= 11 is 0. The van der Waals surface area contributed by atoms with Crippen LogP contribution in [-0.4, -0.2) is 263 Å². The van der Waals surface area contributed by atoms with Gasteiger partial charge < -0.3 is 124 Å². The first-order valence-corrected chi connectivity index (χ1v) is 30.7. The van der Waals surface area contributed by atoms with Gasteiger partial charge in [-0.3, -0.25) is 4.79 Å². The lowest BCUT2D eigenvalue weighted by Gasteiger charge is -2.73. The normalized spacial score (nSPS) is 56.3. The van der Waals surface area contributed by atoms with Crippen molar-refractivity contribution in [2.45, 2.75) is 266 Å². The van der Waals surface area contributed by atoms with Crippen LogP contribution in [0.25, 0.3) is 0 Å². The van der Waals surface area contributed by atoms with Gasteiger partial charge in [0.15, 0.2) is 25.2 Å². The Morgan fingerprint density at radius 1 is 0.541 bits per heavy atom. The number of carbonyl (C=O) groups excluding carboxylic acids is 1. The molecule has 26 heteroatoms. The van der Waals surface area contributed by atoms with Gasteiger partial charge in [-0.05, 0) is 131 Å². The first-order chi connectivity index (χ1) is 39.9. The minimum atomic E-state index is -1.90. The van der Waals surface area contributed by atoms with E-state index < -0.39 is 184 Å². The molecule has 5 saturated carbocycles. The largest absolute Gasteiger partial charge is 0.432 e. The zero-order valence-electron chi connectivity index (χ0n) is 49.6. The Bertz CT molecular complexity index is 2340. The van der Waals surface area contributed by atoms with Gasteiger partial charge in [-0.1, -0.05) is 39.8 Å². The molecular weight excluding hydrogens is 1120 g/mol. The maximum absolute atomic E-state index is 15.2. The zero-order valence-corrected chi connectivity index (χ0v) is 49.6. The monoisotopic (exact) mass is 1220 g/mol. The Labute approximate surface area is 494 Å². The Morgan fingerprint density at radius 2 is 1.13 bits per heavy atom. The van der Waals surface area contributed by atoms with Crippen molar-refractivity contribution in [3.05, 3.63) is 12.2 Å². The summed E-state index contributed by atoms with van der Waals surface area (Å²) in [6.45, 7) is 16.5. The molecule has 0 bridgehead atoms. The molecule has 10 aliphatic rings. The molecule has 15 N–H and O–H groups in total. The van der Waals surface area contributed by atoms with Crippen molar-refractivity contribution < 1.29 is 129 Å². The van der Waals surface area contributed by atoms with E-state index in [1.54, 1.807) is 0 Å². The molecule has 26 nitrogen and oxygen atoms in total. The number of ether oxygens (including phenoxy) is 10. The predicted molar refractivity (Wildman–Crippen MR) is 288 cm³/mol. The van der Waals surface area contributed by atoms with Crippen molar-refractivity contribution in [3.8, 4) is 0 Å². The van der Waals surface area contributed by atoms with Crippen LogP contribution in [-0.2, 0) is 52.2 Å². The molecular formula is C59H96O26. The second-order valence-electron chi connectivity index (χ2n) is 28.0. The van der Waals surface area contributed by atoms with Gasteiger partial charge in [-0.25, -0.2) is 0 Å². The zero-order chi connectivity index (χ0) is 61.9. The number of carbonyl (C=O) groups is 1. The van der Waals surface area contributed by atoms with Crippen molar-refractivity contribution in [2.24, 2.45) is 56.7 Å². The van der Waals surface area contributed by atoms with Crippen LogP contribution in [0.4, 0.5) is 0 Å². The van der Waals surface area contributed by atoms with Gasteiger partial charge in [0.1, 0.15) is 104 Å². The number of hydrogen-bond donors (Lipinski definition) is 15. The SMILES string of the molecule is C=C(C)[C@H]1CC[C@@]2(C(=O)O[C@H]3O[C@@H](CO[C@H]4O[C@@H](CO)[C@H](O[C@H]5O[C@H](C)[C@@H](O)[C@H](O)[C@@H]5O)[C@@H](O)[C@@H]4O)[C@H](O)[C@@H](O)[C@@H]3O)CC[C@@]3(C)[C@@H](CC[C@H]4[C@]5(C)CC[C@@H](O[C@H]6OC[C@@H](O)[C@@H](O)[C@@H]6O[C@H]6O[C@H](C)[C@@H](O)[C@H](O)[C@@H]6O)[C@](C)(CO)[C@H]5CC[C@@]43C)[C@@H]12. The van der Waals surface area contributed by atoms with Gasteiger partial charge in [-0.15, -0.1) is 0 Å². The second kappa shape index (κ2) is 24.7. The van der Waals surface area contributed by atoms with Crippen LogP contribution >= 0.6 is 0 Å². The van der Waals surface area contributed by atoms with E-state index in [0.717, 1.165) is 31.3 Å². The third-order valence-corrected chi connectivity index (χ3v) is 23.6. The van der Waals surface area contributed by atoms with E-state index in [1.807, 2.05) is 13.8 Å². The highest BCUT2D eigenvalue weighted by Gasteiger charge is 2.73. The fourth-order valence-corrected chi connectivity index (χ4v) is 18.4. The van der Waals surface area contributed by atoms with Gasteiger partial charge in [0.05, 0.1) is 50.2 Å². The molecule has 0 amide bonds. The summed E-state index contributed by atoms with van der Waals surface area (Å²) in [4.78, 5) is 15.2. The second-order valence-corrected chi connectivity index (χ2v) is 28.0. The average Bonchev–Trinajstić information content (AvgIpc) is 1.62. The third kappa shape index (κ3) is 10.9. The number of fused-ring (bicyclic) bond motifs is 7. The number of aliphatic hydroxyl groups is 15. The van der Waals surface area contributed by atoms with E-state index in [4.69, 9.17) is 47.4 Å². The molecule has 0 aromatic heterocycles. The highest BCUT2D eigenvalue weighted by Crippen LogP contribution is 2.78. The topological polar surface area (TPSA) is 413 Å². The number of hydrogen-bond acceptors (Lipinski definition) is 26. The lowest BCUT2D eigenvalue weighted by molar-refractivity contribution is -0.366. The molecule has 0 radical (unpaired) electrons. The third-order valence-electron chi connectivity index (χ3n) is 23.6. The Kier molecular flexibility index (Phi) is 19.2. The lowest BCUT2D eigenvalue weighted by Crippen LogP contribution is -2.68. The van der Waals surface area contributed by atoms with E-state index in [9.17, 15) is 76.6 Å². The maximum Gasteiger partial charge on any atom is 0.314 e. The summed E-state index contributed by atoms with van der Waals surface area (Å²) in [6.07, 6.45) is -31.6. The fourth-order valence-electron chi connectivity index (χ4n) is 18.4. The first-order valence-electron chi connectivity index (χ1n) is 30.7. The highest BCUT2D eigenvalue weighted by molar-refractivity contribution is 5.78. The first kappa shape index (κ1) is 66.2. The molecule has 488 valence electrons. The van der Waals surface area contributed by atoms with Crippen molar-refractivity contribution in [1.82, 2.24) is 0 Å². The van der Waals surface area contributed by atoms with Crippen LogP contribution in [0.2, 0.25) is 0 Å². The standard InChI is InChI=1S/C59H96O26/c1-23(2)26-11-16-59(54(75)85-52-45(73)41(69)38(66)30(81-52)21-77-49-46(74)42(70)47(29(19-60)80-49)83-50-43(71)39(67)35(63)24(3)78-50)18-17-57(7)27(34(26)59)9-10-32-55(5)14-13-33(56(6,22-61)31(55)12-15-58(32,57)8)82-53-48(37(65)28(62)20-76-53)84-51-44(72)40(68)36(64)25(4)79-51/h24-53,60-74H,1,9-22H2,2-8H3/t24-,25-,26-,27+,28-,29+,30+,31+,32+,33-,34-,35-,36-,37-,38+,39+,40+,41-,42+,43+,44+,45+,46+,47+,48+,49+,50-,51-,52-,53-,55-,56-,57+,58+,59-/m1/s1. The fraction of sp³-hybridized carbons (Fsp3) is 0.949. The van der Waals surface area contributed by atoms with Crippen LogP contribution in [0, 0.1) is 56.7 Å². The molecule has 10 fully saturated rings. The molecule has 5 aliphatic heterocycles. The quantitative estimate of drug-likeness (QED) is 0.0478. The minimum absolute atomic E-state index is 0.0172. The van der Waals surface area contributed by atoms with Gasteiger partial charge in [0.2, 0.25) is 6.29 Å². The van der Waals surface area contributed by atoms with E-state index in [-0.39, 0.29) is 59.0 Å². The molecule has 0 aromatic carbocycles. The van der Waals surface area contributed by atoms with Gasteiger partial charge >= 0.3 is 5.97 Å². The van der Waals surface area contributed by atoms with E-state index in [0.29, 0.717) is 38.5 Å². The van der Waals surface area contributed by atoms with E-state index in [2.05, 4.69) is 27.4 Å². The highest BCUT2D eigenvalue weighted by atomic mass is 16.8. The molecule has 0 aromatic rings. The van der Waals surface area contributed by atoms with Crippen LogP contribution < -0.4 is 0 Å². The van der Waals surface area contributed by atoms with Gasteiger partial charge in [0.25, 0.3) is 0 Å². The summed E-state index contributed by atoms with van der Waals surface area (Å²) < 4.78 is 59.5. The lowest BCUT2D eigenvalue weighted by atomic mass is 9.32. The van der Waals surface area contributed by atoms with Gasteiger partial charge in [-0.2, -0.15) is 0 Å². The number of esters is 1. The molecule has 85 heavy (non-hydrogen) atoms. The molecule has 0 spiro atoms. The number of allylic oxidation sites excluding steroid dienone is 1. The minimum Gasteiger partial charge on any atom is -0.432 e. The van der Waals surface area contributed by atoms with E-state index >= 15 is 4.79 Å². The van der Waals surface area contributed by atoms with Crippen molar-refractivity contribution >= 4 is 5.97 Å². The smallest absolute Gasteiger partial charge is 0.314 e. The Morgan fingerprint density at radius 3 is 1.74 bits per heavy atom. The summed E-state index contributed by atoms with van der Waals surface area (Å²) in [5, 5.41) is 163. The summed E-state index contributed by atoms with van der Waals surface area (Å²) in [7, 11) is 0. The average molecular weight is 1220 g/mol. The molecule has 5 saturated heterocycles. The van der Waals surface area contributed by atoms with Crippen molar-refractivity contribution in [1.29, 1.82) is 0 Å². The van der Waals surface area contributed by atoms with Crippen LogP contribution in [0.5, 0.6) is 0 Å². The molecule has 5 heterocycles. The Balaban J connectivity index is 0.820. The summed E-state index contributed by atoms with van der Waals surface area (Å²) in [6, 6.07) is 0. The molecule has 5 aliphatic carbocycles. The molecule has 35 atom stereocenters. The van der Waals surface area contributed by atoms with Gasteiger partial charge in [0, 0.05) is 5.41 Å². The molecule has 10 rings (SSSR count). The Hall–Kier alpha value is -1.75.